The summed E-state index contributed by atoms with van der Waals surface area (Å²) in [4.78, 5) is 13.3. The molecule has 2 N–H and O–H groups in total. The molecule has 17 heavy (non-hydrogen) atoms. The van der Waals surface area contributed by atoms with Gasteiger partial charge in [0.1, 0.15) is 5.75 Å². The Morgan fingerprint density at radius 2 is 2.06 bits per heavy atom. The average Bonchev–Trinajstić information content (AvgIpc) is 2.59. The lowest BCUT2D eigenvalue weighted by atomic mass is 10.3. The van der Waals surface area contributed by atoms with Gasteiger partial charge in [0, 0.05) is 24.7 Å². The highest BCUT2D eigenvalue weighted by atomic mass is 35.5. The van der Waals surface area contributed by atoms with E-state index in [0.29, 0.717) is 19.6 Å². The minimum Gasteiger partial charge on any atom is -0.494 e. The lowest BCUT2D eigenvalue weighted by Crippen LogP contribution is -2.27. The molecule has 4 nitrogen and oxygen atoms in total. The number of hydrogen-bond donors (Lipinski definition) is 1. The molecule has 0 spiro atoms. The summed E-state index contributed by atoms with van der Waals surface area (Å²) in [6, 6.07) is 7.48. The number of rotatable bonds is 3. The van der Waals surface area contributed by atoms with Crippen molar-refractivity contribution in [3.05, 3.63) is 24.3 Å². The molecule has 0 aliphatic carbocycles. The zero-order chi connectivity index (χ0) is 11.5. The average molecular weight is 257 g/mol. The van der Waals surface area contributed by atoms with E-state index < -0.39 is 0 Å². The lowest BCUT2D eigenvalue weighted by molar-refractivity contribution is -0.117. The van der Waals surface area contributed by atoms with Gasteiger partial charge in [-0.05, 0) is 31.2 Å². The summed E-state index contributed by atoms with van der Waals surface area (Å²) in [6.07, 6.45) is 0.438. The maximum absolute atomic E-state index is 11.6. The molecule has 1 aromatic rings. The molecule has 1 fully saturated rings. The molecule has 1 amide bonds. The molecule has 1 saturated heterocycles. The van der Waals surface area contributed by atoms with Crippen molar-refractivity contribution in [1.82, 2.24) is 0 Å². The Balaban J connectivity index is 0.00000144. The second kappa shape index (κ2) is 5.89. The van der Waals surface area contributed by atoms with Gasteiger partial charge in [-0.2, -0.15) is 0 Å². The minimum atomic E-state index is -0.0425. The van der Waals surface area contributed by atoms with E-state index >= 15 is 0 Å². The fraction of sp³-hybridized carbons (Fsp3) is 0.417. The van der Waals surface area contributed by atoms with Crippen LogP contribution in [-0.4, -0.2) is 25.1 Å². The number of carbonyl (C=O) groups is 1. The van der Waals surface area contributed by atoms with Crippen LogP contribution in [0.15, 0.2) is 24.3 Å². The van der Waals surface area contributed by atoms with Crippen LogP contribution >= 0.6 is 12.4 Å². The van der Waals surface area contributed by atoms with Crippen LogP contribution in [-0.2, 0) is 4.79 Å². The van der Waals surface area contributed by atoms with E-state index in [1.165, 1.54) is 0 Å². The first-order valence-corrected chi connectivity index (χ1v) is 5.49. The van der Waals surface area contributed by atoms with Crippen LogP contribution in [0.4, 0.5) is 5.69 Å². The van der Waals surface area contributed by atoms with Crippen molar-refractivity contribution in [3.8, 4) is 5.75 Å². The van der Waals surface area contributed by atoms with Crippen molar-refractivity contribution in [3.63, 3.8) is 0 Å². The predicted octanol–water partition coefficient (Wildman–Crippen LogP) is 1.57. The van der Waals surface area contributed by atoms with Crippen molar-refractivity contribution in [1.29, 1.82) is 0 Å². The largest absolute Gasteiger partial charge is 0.494 e. The van der Waals surface area contributed by atoms with Gasteiger partial charge in [0.15, 0.2) is 0 Å². The second-order valence-corrected chi connectivity index (χ2v) is 3.90. The smallest absolute Gasteiger partial charge is 0.228 e. The van der Waals surface area contributed by atoms with Crippen molar-refractivity contribution < 1.29 is 9.53 Å². The molecule has 94 valence electrons. The van der Waals surface area contributed by atoms with Gasteiger partial charge in [-0.3, -0.25) is 4.79 Å². The van der Waals surface area contributed by atoms with Crippen molar-refractivity contribution in [2.45, 2.75) is 19.4 Å². The van der Waals surface area contributed by atoms with Crippen LogP contribution in [0.3, 0.4) is 0 Å². The van der Waals surface area contributed by atoms with Gasteiger partial charge in [-0.25, -0.2) is 0 Å². The Labute approximate surface area is 107 Å². The maximum atomic E-state index is 11.6. The van der Waals surface area contributed by atoms with E-state index in [9.17, 15) is 4.79 Å². The quantitative estimate of drug-likeness (QED) is 0.893. The number of halogens is 1. The third-order valence-electron chi connectivity index (χ3n) is 2.61. The molecule has 1 aliphatic rings. The highest BCUT2D eigenvalue weighted by Crippen LogP contribution is 2.23. The molecule has 1 atom stereocenters. The number of benzene rings is 1. The SMILES string of the molecule is CCOc1ccc(N2CC(N)CC2=O)cc1.Cl. The van der Waals surface area contributed by atoms with Gasteiger partial charge in [0.2, 0.25) is 5.91 Å². The zero-order valence-electron chi connectivity index (χ0n) is 9.76. The Morgan fingerprint density at radius 3 is 2.53 bits per heavy atom. The number of carbonyl (C=O) groups excluding carboxylic acids is 1. The van der Waals surface area contributed by atoms with Crippen molar-refractivity contribution in [2.75, 3.05) is 18.1 Å². The normalized spacial score (nSPS) is 19.1. The highest BCUT2D eigenvalue weighted by Gasteiger charge is 2.27. The van der Waals surface area contributed by atoms with Crippen LogP contribution in [0.2, 0.25) is 0 Å². The third-order valence-corrected chi connectivity index (χ3v) is 2.61. The molecule has 0 radical (unpaired) electrons. The number of amides is 1. The monoisotopic (exact) mass is 256 g/mol. The summed E-state index contributed by atoms with van der Waals surface area (Å²) in [5.41, 5.74) is 6.63. The van der Waals surface area contributed by atoms with Gasteiger partial charge < -0.3 is 15.4 Å². The minimum absolute atomic E-state index is 0. The Kier molecular flexibility index (Phi) is 4.78. The molecule has 1 aliphatic heterocycles. The number of hydrogen-bond acceptors (Lipinski definition) is 3. The summed E-state index contributed by atoms with van der Waals surface area (Å²) in [6.45, 7) is 3.19. The van der Waals surface area contributed by atoms with Gasteiger partial charge in [-0.1, -0.05) is 0 Å². The summed E-state index contributed by atoms with van der Waals surface area (Å²) < 4.78 is 5.34. The summed E-state index contributed by atoms with van der Waals surface area (Å²) in [7, 11) is 0. The second-order valence-electron chi connectivity index (χ2n) is 3.90. The molecule has 0 bridgehead atoms. The fourth-order valence-corrected chi connectivity index (χ4v) is 1.87. The first kappa shape index (κ1) is 13.8. The van der Waals surface area contributed by atoms with Crippen molar-refractivity contribution in [2.24, 2.45) is 5.73 Å². The number of nitrogens with two attached hydrogens (primary N) is 1. The van der Waals surface area contributed by atoms with Crippen LogP contribution in [0.1, 0.15) is 13.3 Å². The molecular formula is C12H17ClN2O2. The van der Waals surface area contributed by atoms with E-state index in [1.54, 1.807) is 4.90 Å². The maximum Gasteiger partial charge on any atom is 0.228 e. The van der Waals surface area contributed by atoms with Gasteiger partial charge in [-0.15, -0.1) is 12.4 Å². The lowest BCUT2D eigenvalue weighted by Gasteiger charge is -2.16. The molecule has 0 saturated carbocycles. The zero-order valence-corrected chi connectivity index (χ0v) is 10.6. The Hall–Kier alpha value is -1.26. The van der Waals surface area contributed by atoms with Gasteiger partial charge >= 0.3 is 0 Å². The van der Waals surface area contributed by atoms with Crippen molar-refractivity contribution >= 4 is 24.0 Å². The molecular weight excluding hydrogens is 240 g/mol. The van der Waals surface area contributed by atoms with E-state index in [4.69, 9.17) is 10.5 Å². The molecule has 1 heterocycles. The highest BCUT2D eigenvalue weighted by molar-refractivity contribution is 5.96. The third kappa shape index (κ3) is 3.11. The molecule has 0 aromatic heterocycles. The van der Waals surface area contributed by atoms with E-state index in [1.807, 2.05) is 31.2 Å². The van der Waals surface area contributed by atoms with E-state index in [-0.39, 0.29) is 24.4 Å². The number of anilines is 1. The summed E-state index contributed by atoms with van der Waals surface area (Å²) in [5.74, 6) is 0.916. The van der Waals surface area contributed by atoms with E-state index in [0.717, 1.165) is 11.4 Å². The molecule has 5 heteroatoms. The fourth-order valence-electron chi connectivity index (χ4n) is 1.87. The van der Waals surface area contributed by atoms with Crippen LogP contribution in [0.5, 0.6) is 5.75 Å². The summed E-state index contributed by atoms with van der Waals surface area (Å²) in [5, 5.41) is 0. The van der Waals surface area contributed by atoms with Gasteiger partial charge in [0.25, 0.3) is 0 Å². The van der Waals surface area contributed by atoms with Gasteiger partial charge in [0.05, 0.1) is 6.61 Å². The standard InChI is InChI=1S/C12H16N2O2.ClH/c1-2-16-11-5-3-10(4-6-11)14-8-9(13)7-12(14)15;/h3-6,9H,2,7-8,13H2,1H3;1H. The number of ether oxygens (including phenoxy) is 1. The summed E-state index contributed by atoms with van der Waals surface area (Å²) >= 11 is 0. The first-order valence-electron chi connectivity index (χ1n) is 5.49. The Morgan fingerprint density at radius 1 is 1.41 bits per heavy atom. The first-order chi connectivity index (χ1) is 7.70. The van der Waals surface area contributed by atoms with Crippen LogP contribution in [0, 0.1) is 0 Å². The van der Waals surface area contributed by atoms with E-state index in [2.05, 4.69) is 0 Å². The molecule has 2 rings (SSSR count). The molecule has 1 unspecified atom stereocenters. The molecule has 1 aromatic carbocycles. The van der Waals surface area contributed by atoms with Crippen LogP contribution in [0.25, 0.3) is 0 Å². The topological polar surface area (TPSA) is 55.6 Å². The predicted molar refractivity (Wildman–Crippen MR) is 69.8 cm³/mol. The Bertz CT molecular complexity index is 381. The number of nitrogens with zero attached hydrogens (tertiary/aromatic N) is 1. The van der Waals surface area contributed by atoms with Crippen LogP contribution < -0.4 is 15.4 Å².